The van der Waals surface area contributed by atoms with E-state index in [2.05, 4.69) is 17.5 Å². The van der Waals surface area contributed by atoms with Crippen molar-refractivity contribution in [3.63, 3.8) is 0 Å². The summed E-state index contributed by atoms with van der Waals surface area (Å²) in [6, 6.07) is 8.05. The van der Waals surface area contributed by atoms with Gasteiger partial charge in [0.05, 0.1) is 0 Å². The Morgan fingerprint density at radius 1 is 1.26 bits per heavy atom. The molecule has 3 nitrogen and oxygen atoms in total. The molecule has 0 aromatic heterocycles. The third kappa shape index (κ3) is 2.80. The second-order valence-electron chi connectivity index (χ2n) is 5.56. The van der Waals surface area contributed by atoms with Gasteiger partial charge in [-0.2, -0.15) is 0 Å². The monoisotopic (exact) mass is 257 g/mol. The number of rotatable bonds is 4. The van der Waals surface area contributed by atoms with E-state index in [4.69, 9.17) is 4.74 Å². The molecule has 100 valence electrons. The Balaban J connectivity index is 1.47. The van der Waals surface area contributed by atoms with Crippen molar-refractivity contribution >= 4 is 5.91 Å². The molecule has 19 heavy (non-hydrogen) atoms. The molecule has 0 radical (unpaired) electrons. The molecule has 1 saturated carbocycles. The lowest BCUT2D eigenvalue weighted by Gasteiger charge is -2.19. The largest absolute Gasteiger partial charge is 0.484 e. The predicted octanol–water partition coefficient (Wildman–Crippen LogP) is 2.45. The lowest BCUT2D eigenvalue weighted by atomic mass is 10.0. The van der Waals surface area contributed by atoms with Gasteiger partial charge in [0, 0.05) is 6.04 Å². The molecule has 3 heteroatoms. The summed E-state index contributed by atoms with van der Waals surface area (Å²) >= 11 is 0. The minimum atomic E-state index is -0.0217. The molecular formula is C16H19NO2. The van der Waals surface area contributed by atoms with Crippen LogP contribution in [0, 0.1) is 18.8 Å². The fourth-order valence-corrected chi connectivity index (χ4v) is 2.98. The van der Waals surface area contributed by atoms with E-state index in [0.29, 0.717) is 17.9 Å². The zero-order chi connectivity index (χ0) is 13.2. The van der Waals surface area contributed by atoms with Gasteiger partial charge in [-0.05, 0) is 43.7 Å². The number of nitrogens with one attached hydrogen (secondary N) is 1. The van der Waals surface area contributed by atoms with Crippen LogP contribution in [0.1, 0.15) is 18.4 Å². The Bertz CT molecular complexity index is 492. The topological polar surface area (TPSA) is 38.3 Å². The second-order valence-corrected chi connectivity index (χ2v) is 5.56. The first kappa shape index (κ1) is 12.3. The second kappa shape index (κ2) is 5.08. The first-order valence-electron chi connectivity index (χ1n) is 6.88. The van der Waals surface area contributed by atoms with Crippen LogP contribution in [0.25, 0.3) is 0 Å². The van der Waals surface area contributed by atoms with Crippen molar-refractivity contribution in [2.24, 2.45) is 11.8 Å². The molecule has 0 spiro atoms. The molecule has 1 amide bonds. The van der Waals surface area contributed by atoms with Crippen LogP contribution in [0.5, 0.6) is 5.75 Å². The molecule has 2 aliphatic rings. The maximum absolute atomic E-state index is 11.9. The highest BCUT2D eigenvalue weighted by molar-refractivity contribution is 5.78. The van der Waals surface area contributed by atoms with Crippen molar-refractivity contribution in [1.82, 2.24) is 5.32 Å². The molecule has 1 aromatic carbocycles. The van der Waals surface area contributed by atoms with Crippen LogP contribution in [-0.4, -0.2) is 18.6 Å². The Hall–Kier alpha value is -1.77. The zero-order valence-corrected chi connectivity index (χ0v) is 11.1. The van der Waals surface area contributed by atoms with Crippen LogP contribution in [0.4, 0.5) is 0 Å². The highest BCUT2D eigenvalue weighted by Crippen LogP contribution is 2.38. The summed E-state index contributed by atoms with van der Waals surface area (Å²) in [5, 5.41) is 3.08. The molecule has 2 bridgehead atoms. The maximum atomic E-state index is 11.9. The predicted molar refractivity (Wildman–Crippen MR) is 74.0 cm³/mol. The van der Waals surface area contributed by atoms with Gasteiger partial charge in [-0.15, -0.1) is 0 Å². The van der Waals surface area contributed by atoms with E-state index >= 15 is 0 Å². The third-order valence-electron chi connectivity index (χ3n) is 4.02. The first-order valence-corrected chi connectivity index (χ1v) is 6.88. The number of carbonyl (C=O) groups excluding carboxylic acids is 1. The molecule has 3 rings (SSSR count). The van der Waals surface area contributed by atoms with Gasteiger partial charge < -0.3 is 10.1 Å². The van der Waals surface area contributed by atoms with Gasteiger partial charge in [0.2, 0.25) is 0 Å². The minimum absolute atomic E-state index is 0.0217. The van der Waals surface area contributed by atoms with E-state index in [1.807, 2.05) is 31.2 Å². The number of hydrogen-bond donors (Lipinski definition) is 1. The summed E-state index contributed by atoms with van der Waals surface area (Å²) in [7, 11) is 0. The van der Waals surface area contributed by atoms with Crippen molar-refractivity contribution in [1.29, 1.82) is 0 Å². The summed E-state index contributed by atoms with van der Waals surface area (Å²) in [4.78, 5) is 11.9. The highest BCUT2D eigenvalue weighted by atomic mass is 16.5. The van der Waals surface area contributed by atoms with E-state index in [1.165, 1.54) is 12.0 Å². The number of hydrogen-bond acceptors (Lipinski definition) is 2. The van der Waals surface area contributed by atoms with E-state index in [9.17, 15) is 4.79 Å². The zero-order valence-electron chi connectivity index (χ0n) is 11.1. The van der Waals surface area contributed by atoms with E-state index in [-0.39, 0.29) is 12.5 Å². The van der Waals surface area contributed by atoms with E-state index in [1.54, 1.807) is 0 Å². The van der Waals surface area contributed by atoms with Crippen LogP contribution in [-0.2, 0) is 4.79 Å². The van der Waals surface area contributed by atoms with Crippen molar-refractivity contribution in [3.05, 3.63) is 42.0 Å². The lowest BCUT2D eigenvalue weighted by Crippen LogP contribution is -2.40. The molecule has 0 saturated heterocycles. The Morgan fingerprint density at radius 3 is 2.68 bits per heavy atom. The number of ether oxygens (including phenoxy) is 1. The average molecular weight is 257 g/mol. The number of amides is 1. The molecule has 1 aromatic rings. The number of allylic oxidation sites excluding steroid dienone is 1. The minimum Gasteiger partial charge on any atom is -0.484 e. The molecule has 1 fully saturated rings. The first-order chi connectivity index (χ1) is 9.20. The third-order valence-corrected chi connectivity index (χ3v) is 4.02. The Morgan fingerprint density at radius 2 is 2.05 bits per heavy atom. The lowest BCUT2D eigenvalue weighted by molar-refractivity contribution is -0.124. The fourth-order valence-electron chi connectivity index (χ4n) is 2.98. The number of fused-ring (bicyclic) bond motifs is 2. The van der Waals surface area contributed by atoms with Gasteiger partial charge in [0.25, 0.3) is 5.91 Å². The molecule has 3 atom stereocenters. The highest BCUT2D eigenvalue weighted by Gasteiger charge is 2.36. The molecular weight excluding hydrogens is 238 g/mol. The van der Waals surface area contributed by atoms with Crippen LogP contribution >= 0.6 is 0 Å². The Labute approximate surface area is 113 Å². The fraction of sp³-hybridized carbons (Fsp3) is 0.438. The van der Waals surface area contributed by atoms with Gasteiger partial charge in [-0.3, -0.25) is 4.79 Å². The average Bonchev–Trinajstić information content (AvgIpc) is 3.00. The van der Waals surface area contributed by atoms with Crippen LogP contribution < -0.4 is 10.1 Å². The van der Waals surface area contributed by atoms with Crippen LogP contribution in [0.2, 0.25) is 0 Å². The van der Waals surface area contributed by atoms with Gasteiger partial charge >= 0.3 is 0 Å². The standard InChI is InChI=1S/C16H19NO2/c1-11-2-6-14(7-3-11)19-10-16(18)17-15-9-12-4-5-13(15)8-12/h2-7,12-13,15H,8-10H2,1H3,(H,17,18). The number of benzene rings is 1. The summed E-state index contributed by atoms with van der Waals surface area (Å²) in [6.07, 6.45) is 6.79. The number of aryl methyl sites for hydroxylation is 1. The van der Waals surface area contributed by atoms with E-state index < -0.39 is 0 Å². The quantitative estimate of drug-likeness (QED) is 0.841. The summed E-state index contributed by atoms with van der Waals surface area (Å²) in [5.74, 6) is 1.93. The van der Waals surface area contributed by atoms with Crippen molar-refractivity contribution in [2.45, 2.75) is 25.8 Å². The van der Waals surface area contributed by atoms with Crippen LogP contribution in [0.15, 0.2) is 36.4 Å². The summed E-state index contributed by atoms with van der Waals surface area (Å²) in [5.41, 5.74) is 1.19. The normalized spacial score (nSPS) is 27.5. The van der Waals surface area contributed by atoms with Crippen molar-refractivity contribution in [2.75, 3.05) is 6.61 Å². The molecule has 2 aliphatic carbocycles. The summed E-state index contributed by atoms with van der Waals surface area (Å²) < 4.78 is 5.48. The SMILES string of the molecule is Cc1ccc(OCC(=O)NC2CC3C=CC2C3)cc1. The maximum Gasteiger partial charge on any atom is 0.258 e. The molecule has 1 N–H and O–H groups in total. The van der Waals surface area contributed by atoms with Crippen molar-refractivity contribution in [3.8, 4) is 5.75 Å². The van der Waals surface area contributed by atoms with Crippen molar-refractivity contribution < 1.29 is 9.53 Å². The van der Waals surface area contributed by atoms with Gasteiger partial charge in [0.1, 0.15) is 5.75 Å². The van der Waals surface area contributed by atoms with Gasteiger partial charge in [-0.25, -0.2) is 0 Å². The Kier molecular flexibility index (Phi) is 3.28. The molecule has 3 unspecified atom stereocenters. The van der Waals surface area contributed by atoms with Gasteiger partial charge in [0.15, 0.2) is 6.61 Å². The molecule has 0 heterocycles. The van der Waals surface area contributed by atoms with Gasteiger partial charge in [-0.1, -0.05) is 29.8 Å². The van der Waals surface area contributed by atoms with E-state index in [0.717, 1.165) is 12.2 Å². The summed E-state index contributed by atoms with van der Waals surface area (Å²) in [6.45, 7) is 2.12. The van der Waals surface area contributed by atoms with Crippen LogP contribution in [0.3, 0.4) is 0 Å². The smallest absolute Gasteiger partial charge is 0.258 e. The molecule has 0 aliphatic heterocycles. The number of carbonyl (C=O) groups is 1.